The number of sulfonamides is 1. The number of aryl methyl sites for hydroxylation is 1. The summed E-state index contributed by atoms with van der Waals surface area (Å²) in [6.45, 7) is 13.8. The first-order valence-electron chi connectivity index (χ1n) is 8.50. The highest BCUT2D eigenvalue weighted by molar-refractivity contribution is 7.89. The minimum absolute atomic E-state index is 0.187. The van der Waals surface area contributed by atoms with Gasteiger partial charge in [-0.15, -0.1) is 0 Å². The average molecular weight is 399 g/mol. The second-order valence-electron chi connectivity index (χ2n) is 8.31. The Balaban J connectivity index is 2.39. The van der Waals surface area contributed by atoms with Crippen molar-refractivity contribution in [1.29, 1.82) is 0 Å². The largest absolute Gasteiger partial charge is 0.349 e. The summed E-state index contributed by atoms with van der Waals surface area (Å²) in [7, 11) is -3.68. The zero-order valence-electron chi connectivity index (χ0n) is 16.0. The van der Waals surface area contributed by atoms with E-state index in [0.717, 1.165) is 5.56 Å². The zero-order valence-corrected chi connectivity index (χ0v) is 17.5. The summed E-state index contributed by atoms with van der Waals surface area (Å²) in [5.74, 6) is -0.252. The van der Waals surface area contributed by atoms with Crippen molar-refractivity contribution >= 4 is 27.5 Å². The molecule has 7 heteroatoms. The first-order valence-corrected chi connectivity index (χ1v) is 10.3. The van der Waals surface area contributed by atoms with Gasteiger partial charge in [-0.05, 0) is 41.5 Å². The van der Waals surface area contributed by atoms with E-state index in [9.17, 15) is 13.2 Å². The summed E-state index contributed by atoms with van der Waals surface area (Å²) in [6.07, 6.45) is 1.24. The van der Waals surface area contributed by atoms with Gasteiger partial charge in [0.05, 0.1) is 4.90 Å². The zero-order chi connectivity index (χ0) is 19.9. The van der Waals surface area contributed by atoms with Crippen LogP contribution in [-0.4, -0.2) is 37.8 Å². The fourth-order valence-electron chi connectivity index (χ4n) is 3.85. The number of rotatable bonds is 4. The van der Waals surface area contributed by atoms with Crippen molar-refractivity contribution in [1.82, 2.24) is 9.62 Å². The molecule has 26 heavy (non-hydrogen) atoms. The maximum atomic E-state index is 13.2. The van der Waals surface area contributed by atoms with Crippen molar-refractivity contribution in [3.63, 3.8) is 0 Å². The highest BCUT2D eigenvalue weighted by Gasteiger charge is 2.50. The number of hydrogen-bond donors (Lipinski definition) is 1. The quantitative estimate of drug-likeness (QED) is 0.790. The molecule has 0 bridgehead atoms. The molecular weight excluding hydrogens is 372 g/mol. The molecule has 0 aliphatic carbocycles. The van der Waals surface area contributed by atoms with Crippen molar-refractivity contribution in [2.75, 3.05) is 13.1 Å². The molecule has 1 N–H and O–H groups in total. The number of hydrogen-bond acceptors (Lipinski definition) is 3. The van der Waals surface area contributed by atoms with Crippen LogP contribution in [0.4, 0.5) is 0 Å². The first kappa shape index (κ1) is 20.9. The highest BCUT2D eigenvalue weighted by atomic mass is 35.5. The number of carbonyl (C=O) groups is 1. The Hall–Kier alpha value is -1.37. The summed E-state index contributed by atoms with van der Waals surface area (Å²) in [5, 5.41) is 3.41. The molecule has 0 unspecified atom stereocenters. The number of benzene rings is 1. The van der Waals surface area contributed by atoms with Crippen LogP contribution in [0.3, 0.4) is 0 Å². The fraction of sp³-hybridized carbons (Fsp3) is 0.526. The maximum Gasteiger partial charge on any atom is 0.243 e. The van der Waals surface area contributed by atoms with Gasteiger partial charge in [-0.3, -0.25) is 4.79 Å². The normalized spacial score (nSPS) is 20.5. The van der Waals surface area contributed by atoms with Gasteiger partial charge < -0.3 is 5.32 Å². The molecule has 1 aromatic rings. The predicted octanol–water partition coefficient (Wildman–Crippen LogP) is 3.38. The highest BCUT2D eigenvalue weighted by Crippen LogP contribution is 2.42. The molecule has 5 nitrogen and oxygen atoms in total. The van der Waals surface area contributed by atoms with Crippen LogP contribution >= 0.6 is 11.6 Å². The molecule has 0 saturated carbocycles. The fourth-order valence-corrected chi connectivity index (χ4v) is 5.91. The Kier molecular flexibility index (Phi) is 5.62. The van der Waals surface area contributed by atoms with Crippen LogP contribution in [0.25, 0.3) is 0 Å². The van der Waals surface area contributed by atoms with Gasteiger partial charge in [-0.2, -0.15) is 4.31 Å². The molecule has 0 atom stereocenters. The number of amides is 1. The van der Waals surface area contributed by atoms with Crippen LogP contribution in [0, 0.1) is 17.8 Å². The topological polar surface area (TPSA) is 66.5 Å². The molecule has 0 spiro atoms. The molecule has 0 aromatic heterocycles. The number of halogens is 1. The Labute approximate surface area is 161 Å². The Morgan fingerprint density at radius 2 is 1.81 bits per heavy atom. The van der Waals surface area contributed by atoms with Crippen LogP contribution in [0.1, 0.15) is 33.3 Å². The number of carbonyl (C=O) groups excluding carboxylic acids is 1. The van der Waals surface area contributed by atoms with Crippen LogP contribution in [0.2, 0.25) is 5.02 Å². The van der Waals surface area contributed by atoms with Gasteiger partial charge in [-0.25, -0.2) is 8.42 Å². The molecule has 0 radical (unpaired) electrons. The third-order valence-corrected chi connectivity index (χ3v) is 7.18. The van der Waals surface area contributed by atoms with Crippen molar-refractivity contribution in [3.8, 4) is 0 Å². The summed E-state index contributed by atoms with van der Waals surface area (Å²) in [4.78, 5) is 12.0. The van der Waals surface area contributed by atoms with E-state index >= 15 is 0 Å². The molecule has 1 aliphatic rings. The monoisotopic (exact) mass is 398 g/mol. The number of piperidine rings is 1. The van der Waals surface area contributed by atoms with Crippen molar-refractivity contribution in [2.24, 2.45) is 10.8 Å². The van der Waals surface area contributed by atoms with Crippen LogP contribution in [0.5, 0.6) is 0 Å². The molecule has 1 heterocycles. The van der Waals surface area contributed by atoms with Gasteiger partial charge in [0.25, 0.3) is 0 Å². The van der Waals surface area contributed by atoms with Gasteiger partial charge in [0.15, 0.2) is 0 Å². The predicted molar refractivity (Wildman–Crippen MR) is 105 cm³/mol. The van der Waals surface area contributed by atoms with Crippen LogP contribution in [-0.2, 0) is 14.8 Å². The first-order chi connectivity index (χ1) is 11.8. The van der Waals surface area contributed by atoms with Crippen molar-refractivity contribution in [3.05, 3.63) is 41.4 Å². The third kappa shape index (κ3) is 3.97. The smallest absolute Gasteiger partial charge is 0.243 e. The summed E-state index contributed by atoms with van der Waals surface area (Å²) in [6, 6.07) is 4.61. The van der Waals surface area contributed by atoms with Crippen LogP contribution in [0.15, 0.2) is 35.7 Å². The molecule has 2 rings (SSSR count). The lowest BCUT2D eigenvalue weighted by atomic mass is 9.67. The molecule has 1 saturated heterocycles. The van der Waals surface area contributed by atoms with Crippen LogP contribution < -0.4 is 5.32 Å². The molecular formula is C19H27ClN2O3S. The van der Waals surface area contributed by atoms with E-state index in [1.165, 1.54) is 16.4 Å². The van der Waals surface area contributed by atoms with E-state index in [0.29, 0.717) is 18.1 Å². The number of nitrogens with one attached hydrogen (secondary N) is 1. The average Bonchev–Trinajstić information content (AvgIpc) is 2.52. The summed E-state index contributed by atoms with van der Waals surface area (Å²) in [5.41, 5.74) is -0.0821. The minimum Gasteiger partial charge on any atom is -0.349 e. The van der Waals surface area contributed by atoms with E-state index in [4.69, 9.17) is 11.6 Å². The second kappa shape index (κ2) is 6.98. The van der Waals surface area contributed by atoms with Crippen molar-refractivity contribution < 1.29 is 13.2 Å². The molecule has 1 aliphatic heterocycles. The molecule has 144 valence electrons. The standard InChI is InChI=1S/C19H27ClN2O3S/c1-7-16(23)21-17-18(3,4)11-22(12-19(17,5)6)26(24,25)14-9-8-13(2)15(20)10-14/h7-10,17H,1,11-12H2,2-6H3,(H,21,23). The lowest BCUT2D eigenvalue weighted by Crippen LogP contribution is -2.64. The Morgan fingerprint density at radius 1 is 1.27 bits per heavy atom. The van der Waals surface area contributed by atoms with E-state index < -0.39 is 20.9 Å². The lowest BCUT2D eigenvalue weighted by molar-refractivity contribution is -0.120. The lowest BCUT2D eigenvalue weighted by Gasteiger charge is -2.52. The van der Waals surface area contributed by atoms with E-state index in [2.05, 4.69) is 11.9 Å². The Bertz CT molecular complexity index is 813. The SMILES string of the molecule is C=CC(=O)NC1C(C)(C)CN(S(=O)(=O)c2ccc(C)c(Cl)c2)CC1(C)C. The third-order valence-electron chi connectivity index (χ3n) is 4.98. The van der Waals surface area contributed by atoms with Gasteiger partial charge in [0.2, 0.25) is 15.9 Å². The second-order valence-corrected chi connectivity index (χ2v) is 10.7. The van der Waals surface area contributed by atoms with Gasteiger partial charge in [0.1, 0.15) is 0 Å². The van der Waals surface area contributed by atoms with E-state index in [1.54, 1.807) is 12.1 Å². The van der Waals surface area contributed by atoms with Gasteiger partial charge in [0, 0.05) is 24.2 Å². The summed E-state index contributed by atoms with van der Waals surface area (Å²) >= 11 is 6.13. The summed E-state index contributed by atoms with van der Waals surface area (Å²) < 4.78 is 27.8. The van der Waals surface area contributed by atoms with E-state index in [1.807, 2.05) is 34.6 Å². The van der Waals surface area contributed by atoms with Gasteiger partial charge >= 0.3 is 0 Å². The van der Waals surface area contributed by atoms with Crippen molar-refractivity contribution in [2.45, 2.75) is 45.6 Å². The molecule has 1 fully saturated rings. The van der Waals surface area contributed by atoms with Gasteiger partial charge in [-0.1, -0.05) is 51.9 Å². The minimum atomic E-state index is -3.68. The maximum absolute atomic E-state index is 13.2. The Morgan fingerprint density at radius 3 is 2.27 bits per heavy atom. The molecule has 1 amide bonds. The molecule has 1 aromatic carbocycles. The number of nitrogens with zero attached hydrogens (tertiary/aromatic N) is 1. The van der Waals surface area contributed by atoms with E-state index in [-0.39, 0.29) is 16.8 Å².